The van der Waals surface area contributed by atoms with Crippen LogP contribution in [-0.4, -0.2) is 6.61 Å². The molecule has 0 saturated heterocycles. The molecule has 0 N–H and O–H groups in total. The first-order valence-corrected chi connectivity index (χ1v) is 5.34. The Balaban J connectivity index is 2.64. The first kappa shape index (κ1) is 12.2. The van der Waals surface area contributed by atoms with Crippen molar-refractivity contribution < 1.29 is 22.3 Å². The summed E-state index contributed by atoms with van der Waals surface area (Å²) in [5, 5.41) is 0. The number of hydrogen-bond acceptors (Lipinski definition) is 1. The summed E-state index contributed by atoms with van der Waals surface area (Å²) in [4.78, 5) is 0. The fourth-order valence-corrected chi connectivity index (χ4v) is 2.14. The maximum absolute atomic E-state index is 13.4. The van der Waals surface area contributed by atoms with Crippen molar-refractivity contribution in [2.24, 2.45) is 5.92 Å². The Morgan fingerprint density at radius 3 is 2.47 bits per heavy atom. The van der Waals surface area contributed by atoms with E-state index in [0.717, 1.165) is 6.07 Å². The lowest BCUT2D eigenvalue weighted by Crippen LogP contribution is -2.16. The number of benzene rings is 1. The molecule has 2 rings (SSSR count). The van der Waals surface area contributed by atoms with Gasteiger partial charge in [0.15, 0.2) is 0 Å². The minimum atomic E-state index is -4.68. The molecular formula is C12H12F4O. The molecule has 17 heavy (non-hydrogen) atoms. The molecule has 1 aromatic rings. The van der Waals surface area contributed by atoms with Gasteiger partial charge < -0.3 is 4.74 Å². The SMILES string of the molecule is CC(C)C1COc2ccc(F)c(C(F)(F)F)c21. The van der Waals surface area contributed by atoms with Crippen molar-refractivity contribution in [1.29, 1.82) is 0 Å². The molecule has 0 aliphatic carbocycles. The van der Waals surface area contributed by atoms with E-state index in [0.29, 0.717) is 0 Å². The second-order valence-electron chi connectivity index (χ2n) is 4.49. The van der Waals surface area contributed by atoms with Crippen LogP contribution in [0.25, 0.3) is 0 Å². The fourth-order valence-electron chi connectivity index (χ4n) is 2.14. The van der Waals surface area contributed by atoms with Gasteiger partial charge in [-0.1, -0.05) is 13.8 Å². The summed E-state index contributed by atoms with van der Waals surface area (Å²) in [6.07, 6.45) is -4.68. The third-order valence-corrected chi connectivity index (χ3v) is 3.03. The van der Waals surface area contributed by atoms with Gasteiger partial charge in [0.1, 0.15) is 11.6 Å². The van der Waals surface area contributed by atoms with Gasteiger partial charge in [0.2, 0.25) is 0 Å². The van der Waals surface area contributed by atoms with Crippen molar-refractivity contribution >= 4 is 0 Å². The van der Waals surface area contributed by atoms with Gasteiger partial charge in [0, 0.05) is 11.5 Å². The van der Waals surface area contributed by atoms with Crippen LogP contribution in [0.4, 0.5) is 17.6 Å². The molecule has 94 valence electrons. The molecule has 0 amide bonds. The van der Waals surface area contributed by atoms with Gasteiger partial charge in [0.25, 0.3) is 0 Å². The predicted molar refractivity (Wildman–Crippen MR) is 54.5 cm³/mol. The summed E-state index contributed by atoms with van der Waals surface area (Å²) < 4.78 is 57.1. The van der Waals surface area contributed by atoms with Crippen molar-refractivity contribution in [3.63, 3.8) is 0 Å². The number of alkyl halides is 3. The maximum Gasteiger partial charge on any atom is 0.419 e. The van der Waals surface area contributed by atoms with Gasteiger partial charge in [-0.05, 0) is 18.1 Å². The molecule has 1 atom stereocenters. The number of hydrogen-bond donors (Lipinski definition) is 0. The molecule has 1 aliphatic heterocycles. The average Bonchev–Trinajstić information content (AvgIpc) is 2.58. The van der Waals surface area contributed by atoms with E-state index >= 15 is 0 Å². The van der Waals surface area contributed by atoms with Crippen molar-refractivity contribution in [3.05, 3.63) is 29.1 Å². The molecule has 1 aromatic carbocycles. The Morgan fingerprint density at radius 1 is 1.29 bits per heavy atom. The third-order valence-electron chi connectivity index (χ3n) is 3.03. The molecule has 0 fully saturated rings. The molecule has 0 spiro atoms. The molecule has 1 unspecified atom stereocenters. The van der Waals surface area contributed by atoms with Crippen LogP contribution in [0.3, 0.4) is 0 Å². The van der Waals surface area contributed by atoms with Crippen LogP contribution in [-0.2, 0) is 6.18 Å². The minimum absolute atomic E-state index is 0.0286. The van der Waals surface area contributed by atoms with Crippen LogP contribution in [0, 0.1) is 11.7 Å². The van der Waals surface area contributed by atoms with Gasteiger partial charge in [-0.15, -0.1) is 0 Å². The molecule has 1 aliphatic rings. The quantitative estimate of drug-likeness (QED) is 0.683. The van der Waals surface area contributed by atoms with E-state index in [1.807, 2.05) is 0 Å². The zero-order chi connectivity index (χ0) is 12.8. The smallest absolute Gasteiger partial charge is 0.419 e. The lowest BCUT2D eigenvalue weighted by atomic mass is 9.87. The van der Waals surface area contributed by atoms with E-state index in [1.165, 1.54) is 6.07 Å². The van der Waals surface area contributed by atoms with Crippen molar-refractivity contribution in [1.82, 2.24) is 0 Å². The van der Waals surface area contributed by atoms with E-state index in [-0.39, 0.29) is 23.8 Å². The van der Waals surface area contributed by atoms with Gasteiger partial charge in [-0.3, -0.25) is 0 Å². The maximum atomic E-state index is 13.4. The third kappa shape index (κ3) is 1.98. The average molecular weight is 248 g/mol. The Morgan fingerprint density at radius 2 is 1.94 bits per heavy atom. The molecule has 1 nitrogen and oxygen atoms in total. The van der Waals surface area contributed by atoms with Gasteiger partial charge >= 0.3 is 6.18 Å². The summed E-state index contributed by atoms with van der Waals surface area (Å²) >= 11 is 0. The Bertz CT molecular complexity index is 437. The molecule has 0 aromatic heterocycles. The summed E-state index contributed by atoms with van der Waals surface area (Å²) in [6, 6.07) is 2.08. The molecule has 1 heterocycles. The second-order valence-corrected chi connectivity index (χ2v) is 4.49. The van der Waals surface area contributed by atoms with Crippen LogP contribution < -0.4 is 4.74 Å². The Hall–Kier alpha value is -1.26. The second kappa shape index (κ2) is 3.89. The van der Waals surface area contributed by atoms with E-state index in [2.05, 4.69) is 0 Å². The number of ether oxygens (including phenoxy) is 1. The lowest BCUT2D eigenvalue weighted by molar-refractivity contribution is -0.140. The monoisotopic (exact) mass is 248 g/mol. The fraction of sp³-hybridized carbons (Fsp3) is 0.500. The van der Waals surface area contributed by atoms with Crippen LogP contribution in [0.15, 0.2) is 12.1 Å². The van der Waals surface area contributed by atoms with E-state index in [4.69, 9.17) is 4.74 Å². The number of fused-ring (bicyclic) bond motifs is 1. The summed E-state index contributed by atoms with van der Waals surface area (Å²) in [5.74, 6) is -1.51. The number of halogens is 4. The molecule has 0 bridgehead atoms. The highest BCUT2D eigenvalue weighted by Crippen LogP contribution is 2.46. The topological polar surface area (TPSA) is 9.23 Å². The van der Waals surface area contributed by atoms with Gasteiger partial charge in [-0.25, -0.2) is 4.39 Å². The predicted octanol–water partition coefficient (Wildman–Crippen LogP) is 3.98. The zero-order valence-corrected chi connectivity index (χ0v) is 9.44. The van der Waals surface area contributed by atoms with E-state index in [9.17, 15) is 17.6 Å². The largest absolute Gasteiger partial charge is 0.493 e. The lowest BCUT2D eigenvalue weighted by Gasteiger charge is -2.18. The van der Waals surface area contributed by atoms with Crippen molar-refractivity contribution in [2.75, 3.05) is 6.61 Å². The van der Waals surface area contributed by atoms with Crippen LogP contribution in [0.2, 0.25) is 0 Å². The van der Waals surface area contributed by atoms with E-state index in [1.54, 1.807) is 13.8 Å². The summed E-state index contributed by atoms with van der Waals surface area (Å²) in [6.45, 7) is 3.78. The summed E-state index contributed by atoms with van der Waals surface area (Å²) in [7, 11) is 0. The molecule has 0 radical (unpaired) electrons. The molecular weight excluding hydrogens is 236 g/mol. The Labute approximate surface area is 96.4 Å². The van der Waals surface area contributed by atoms with Crippen LogP contribution in [0.5, 0.6) is 5.75 Å². The highest BCUT2D eigenvalue weighted by atomic mass is 19.4. The van der Waals surface area contributed by atoms with Crippen LogP contribution >= 0.6 is 0 Å². The Kier molecular flexibility index (Phi) is 2.79. The minimum Gasteiger partial charge on any atom is -0.493 e. The first-order valence-electron chi connectivity index (χ1n) is 5.34. The van der Waals surface area contributed by atoms with Crippen molar-refractivity contribution in [2.45, 2.75) is 25.9 Å². The first-order chi connectivity index (χ1) is 7.82. The highest BCUT2D eigenvalue weighted by molar-refractivity contribution is 5.48. The molecule has 5 heteroatoms. The standard InChI is InChI=1S/C12H12F4O/c1-6(2)7-5-17-9-4-3-8(13)11(10(7)9)12(14,15)16/h3-4,6-7H,5H2,1-2H3. The zero-order valence-electron chi connectivity index (χ0n) is 9.44. The normalized spacial score (nSPS) is 19.4. The molecule has 0 saturated carbocycles. The number of rotatable bonds is 1. The summed E-state index contributed by atoms with van der Waals surface area (Å²) in [5.41, 5.74) is -1.21. The van der Waals surface area contributed by atoms with Gasteiger partial charge in [0.05, 0.1) is 12.2 Å². The van der Waals surface area contributed by atoms with Gasteiger partial charge in [-0.2, -0.15) is 13.2 Å². The highest BCUT2D eigenvalue weighted by Gasteiger charge is 2.43. The van der Waals surface area contributed by atoms with Crippen molar-refractivity contribution in [3.8, 4) is 5.75 Å². The van der Waals surface area contributed by atoms with Crippen LogP contribution in [0.1, 0.15) is 30.9 Å². The van der Waals surface area contributed by atoms with E-state index < -0.39 is 23.5 Å².